The van der Waals surface area contributed by atoms with E-state index in [1.807, 2.05) is 12.1 Å². The Balaban J connectivity index is 0.00000252. The molecule has 0 fully saturated rings. The molecule has 0 bridgehead atoms. The largest absolute Gasteiger partial charge is 4.00 e. The number of benzene rings is 5. The van der Waals surface area contributed by atoms with Crippen LogP contribution in [0.15, 0.2) is 113 Å². The molecule has 0 N–H and O–H groups in total. The van der Waals surface area contributed by atoms with Crippen LogP contribution in [-0.2, 0) is 21.1 Å². The molecule has 5 heteroatoms. The molecule has 3 nitrogen and oxygen atoms in total. The van der Waals surface area contributed by atoms with Crippen LogP contribution in [0.5, 0.6) is 0 Å². The fourth-order valence-corrected chi connectivity index (χ4v) is 5.78. The summed E-state index contributed by atoms with van der Waals surface area (Å²) in [7, 11) is 2.07. The van der Waals surface area contributed by atoms with Gasteiger partial charge in [-0.3, -0.25) is 0 Å². The van der Waals surface area contributed by atoms with E-state index in [4.69, 9.17) is 0 Å². The van der Waals surface area contributed by atoms with Gasteiger partial charge in [-0.1, -0.05) is 41.5 Å². The molecular weight excluding hydrogens is 654 g/mol. The van der Waals surface area contributed by atoms with E-state index in [0.29, 0.717) is 0 Å². The molecule has 0 radical (unpaired) electrons. The maximum Gasteiger partial charge on any atom is 4.00 e. The summed E-state index contributed by atoms with van der Waals surface area (Å²) in [4.78, 5) is 6.46. The van der Waals surface area contributed by atoms with E-state index < -0.39 is 0 Å². The summed E-state index contributed by atoms with van der Waals surface area (Å²) in [6.07, 6.45) is 0. The molecule has 6 aromatic rings. The SMILES string of the molecule is CN1[CH-]N(c2[c-]c(Sc3[c-]cc4c(c3)c3ccccc3n4-c3[c-]cccc3)ccc2)c2ccccc21.[Pt+4]. The average molecular weight is 675 g/mol. The maximum atomic E-state index is 3.61. The van der Waals surface area contributed by atoms with E-state index in [0.717, 1.165) is 32.4 Å². The molecule has 0 saturated heterocycles. The molecule has 0 saturated carbocycles. The maximum absolute atomic E-state index is 3.61. The van der Waals surface area contributed by atoms with Gasteiger partial charge in [0.1, 0.15) is 0 Å². The summed E-state index contributed by atoms with van der Waals surface area (Å²) >= 11 is 1.69. The van der Waals surface area contributed by atoms with Crippen molar-refractivity contribution in [3.8, 4) is 5.69 Å². The Kier molecular flexibility index (Phi) is 6.32. The minimum atomic E-state index is 0. The predicted molar refractivity (Wildman–Crippen MR) is 149 cm³/mol. The zero-order chi connectivity index (χ0) is 24.1. The van der Waals surface area contributed by atoms with Crippen molar-refractivity contribution >= 4 is 50.6 Å². The molecule has 0 atom stereocenters. The van der Waals surface area contributed by atoms with Gasteiger partial charge in [0.15, 0.2) is 0 Å². The fraction of sp³-hybridized carbons (Fsp3) is 0.0312. The van der Waals surface area contributed by atoms with Crippen LogP contribution in [0.2, 0.25) is 0 Å². The van der Waals surface area contributed by atoms with E-state index in [1.54, 1.807) is 11.8 Å². The molecule has 0 aliphatic carbocycles. The summed E-state index contributed by atoms with van der Waals surface area (Å²) in [6, 6.07) is 46.3. The van der Waals surface area contributed by atoms with Crippen molar-refractivity contribution in [1.82, 2.24) is 4.57 Å². The second-order valence-electron chi connectivity index (χ2n) is 8.78. The number of fused-ring (bicyclic) bond motifs is 4. The average Bonchev–Trinajstić information content (AvgIpc) is 3.44. The van der Waals surface area contributed by atoms with Gasteiger partial charge in [-0.05, 0) is 30.6 Å². The monoisotopic (exact) mass is 674 g/mol. The van der Waals surface area contributed by atoms with Crippen molar-refractivity contribution in [2.75, 3.05) is 16.8 Å². The minimum absolute atomic E-state index is 0. The van der Waals surface area contributed by atoms with Crippen molar-refractivity contribution < 1.29 is 21.1 Å². The molecule has 1 aliphatic rings. The van der Waals surface area contributed by atoms with Crippen molar-refractivity contribution in [1.29, 1.82) is 0 Å². The predicted octanol–water partition coefficient (Wildman–Crippen LogP) is 8.04. The standard InChI is InChI=1S/C32H21N3S.Pt/c1-33-22-34(32-17-8-7-16-31(32)33)24-12-9-13-25(20-24)36-26-18-19-30-28(21-26)27-14-5-6-15-29(27)35(30)23-10-3-2-4-11-23;/h2-10,12-17,19,21-22H,1H3;/q-4;+4. The summed E-state index contributed by atoms with van der Waals surface area (Å²) < 4.78 is 2.26. The Bertz CT molecular complexity index is 1730. The van der Waals surface area contributed by atoms with Gasteiger partial charge in [0, 0.05) is 16.9 Å². The van der Waals surface area contributed by atoms with Gasteiger partial charge < -0.3 is 14.4 Å². The topological polar surface area (TPSA) is 11.4 Å². The molecule has 1 aliphatic heterocycles. The van der Waals surface area contributed by atoms with Gasteiger partial charge in [-0.25, -0.2) is 0 Å². The first-order valence-electron chi connectivity index (χ1n) is 11.8. The van der Waals surface area contributed by atoms with Crippen LogP contribution in [0.3, 0.4) is 0 Å². The second kappa shape index (κ2) is 9.78. The molecule has 0 spiro atoms. The van der Waals surface area contributed by atoms with Gasteiger partial charge >= 0.3 is 21.1 Å². The third-order valence-corrected chi connectivity index (χ3v) is 7.47. The third kappa shape index (κ3) is 4.15. The van der Waals surface area contributed by atoms with Crippen LogP contribution in [0.4, 0.5) is 17.1 Å². The smallest absolute Gasteiger partial charge is 0.504 e. The number of nitrogens with zero attached hydrogens (tertiary/aromatic N) is 3. The van der Waals surface area contributed by atoms with Crippen molar-refractivity contribution in [3.05, 3.63) is 128 Å². The van der Waals surface area contributed by atoms with Gasteiger partial charge in [0.2, 0.25) is 0 Å². The zero-order valence-electron chi connectivity index (χ0n) is 20.0. The van der Waals surface area contributed by atoms with Crippen LogP contribution >= 0.6 is 11.8 Å². The van der Waals surface area contributed by atoms with Crippen molar-refractivity contribution in [3.63, 3.8) is 0 Å². The Morgan fingerprint density at radius 3 is 2.35 bits per heavy atom. The van der Waals surface area contributed by atoms with Gasteiger partial charge in [-0.2, -0.15) is 55.2 Å². The van der Waals surface area contributed by atoms with Crippen LogP contribution in [0, 0.1) is 24.9 Å². The van der Waals surface area contributed by atoms with E-state index in [2.05, 4.69) is 137 Å². The minimum Gasteiger partial charge on any atom is -0.504 e. The Hall–Kier alpha value is -3.46. The summed E-state index contributed by atoms with van der Waals surface area (Å²) in [5, 5.41) is 2.44. The number of rotatable bonds is 4. The quantitative estimate of drug-likeness (QED) is 0.176. The first-order chi connectivity index (χ1) is 17.8. The first kappa shape index (κ1) is 23.9. The van der Waals surface area contributed by atoms with E-state index >= 15 is 0 Å². The summed E-state index contributed by atoms with van der Waals surface area (Å²) in [5.41, 5.74) is 6.71. The van der Waals surface area contributed by atoms with Crippen molar-refractivity contribution in [2.45, 2.75) is 9.79 Å². The number of para-hydroxylation sites is 4. The normalized spacial score (nSPS) is 12.7. The number of hydrogen-bond acceptors (Lipinski definition) is 3. The molecule has 2 heterocycles. The summed E-state index contributed by atoms with van der Waals surface area (Å²) in [5.74, 6) is 0. The summed E-state index contributed by atoms with van der Waals surface area (Å²) in [6.45, 7) is 2.11. The zero-order valence-corrected chi connectivity index (χ0v) is 23.0. The molecule has 180 valence electrons. The van der Waals surface area contributed by atoms with Crippen LogP contribution < -0.4 is 9.80 Å². The molecule has 7 rings (SSSR count). The van der Waals surface area contributed by atoms with E-state index in [9.17, 15) is 0 Å². The van der Waals surface area contributed by atoms with Crippen LogP contribution in [0.1, 0.15) is 0 Å². The number of hydrogen-bond donors (Lipinski definition) is 0. The number of aromatic nitrogens is 1. The molecular formula is C32H21N3PtS. The van der Waals surface area contributed by atoms with Crippen LogP contribution in [0.25, 0.3) is 27.5 Å². The molecule has 0 unspecified atom stereocenters. The molecule has 0 amide bonds. The molecule has 37 heavy (non-hydrogen) atoms. The van der Waals surface area contributed by atoms with Crippen molar-refractivity contribution in [2.24, 2.45) is 0 Å². The first-order valence-corrected chi connectivity index (χ1v) is 12.7. The second-order valence-corrected chi connectivity index (χ2v) is 9.87. The Labute approximate surface area is 235 Å². The number of anilines is 3. The third-order valence-electron chi connectivity index (χ3n) is 6.55. The van der Waals surface area contributed by atoms with Gasteiger partial charge in [0.25, 0.3) is 0 Å². The van der Waals surface area contributed by atoms with Crippen LogP contribution in [-0.4, -0.2) is 11.6 Å². The molecule has 5 aromatic carbocycles. The fourth-order valence-electron chi connectivity index (χ4n) is 4.94. The van der Waals surface area contributed by atoms with Gasteiger partial charge in [-0.15, -0.1) is 56.9 Å². The van der Waals surface area contributed by atoms with E-state index in [1.165, 1.54) is 22.0 Å². The Morgan fingerprint density at radius 2 is 1.49 bits per heavy atom. The van der Waals surface area contributed by atoms with E-state index in [-0.39, 0.29) is 21.1 Å². The molecule has 1 aromatic heterocycles. The Morgan fingerprint density at radius 1 is 0.703 bits per heavy atom. The van der Waals surface area contributed by atoms with Gasteiger partial charge in [0.05, 0.1) is 0 Å².